The molecule has 7 nitrogen and oxygen atoms in total. The van der Waals surface area contributed by atoms with E-state index < -0.39 is 4.92 Å². The fourth-order valence-corrected chi connectivity index (χ4v) is 3.92. The zero-order chi connectivity index (χ0) is 20.3. The molecule has 0 N–H and O–H groups in total. The van der Waals surface area contributed by atoms with E-state index in [0.717, 1.165) is 5.56 Å². The lowest BCUT2D eigenvalue weighted by Crippen LogP contribution is -2.27. The Labute approximate surface area is 171 Å². The number of hydrogen-bond donors (Lipinski definition) is 0. The largest absolute Gasteiger partial charge is 0.493 e. The van der Waals surface area contributed by atoms with Crippen molar-refractivity contribution in [2.45, 2.75) is 6.92 Å². The van der Waals surface area contributed by atoms with E-state index in [0.29, 0.717) is 33.0 Å². The molecule has 1 fully saturated rings. The lowest BCUT2D eigenvalue weighted by molar-refractivity contribution is -0.384. The summed E-state index contributed by atoms with van der Waals surface area (Å²) in [5, 5.41) is 10.8. The van der Waals surface area contributed by atoms with E-state index in [4.69, 9.17) is 21.7 Å². The third kappa shape index (κ3) is 4.00. The van der Waals surface area contributed by atoms with Gasteiger partial charge in [-0.1, -0.05) is 30.0 Å². The Kier molecular flexibility index (Phi) is 5.96. The summed E-state index contributed by atoms with van der Waals surface area (Å²) in [7, 11) is 1.56. The van der Waals surface area contributed by atoms with Gasteiger partial charge in [0.2, 0.25) is 0 Å². The molecule has 28 heavy (non-hydrogen) atoms. The molecule has 0 atom stereocenters. The van der Waals surface area contributed by atoms with Gasteiger partial charge in [0.15, 0.2) is 15.8 Å². The van der Waals surface area contributed by atoms with Crippen molar-refractivity contribution < 1.29 is 19.2 Å². The third-order valence-corrected chi connectivity index (χ3v) is 5.20. The second-order valence-electron chi connectivity index (χ2n) is 5.63. The number of nitro benzene ring substituents is 1. The first-order valence-corrected chi connectivity index (χ1v) is 9.50. The number of ether oxygens (including phenoxy) is 2. The summed E-state index contributed by atoms with van der Waals surface area (Å²) in [4.78, 5) is 25.0. The number of nitrogens with zero attached hydrogens (tertiary/aromatic N) is 2. The number of rotatable bonds is 6. The highest BCUT2D eigenvalue weighted by Crippen LogP contribution is 2.37. The summed E-state index contributed by atoms with van der Waals surface area (Å²) in [6.07, 6.45) is 1.73. The molecule has 0 aromatic heterocycles. The SMILES string of the molecule is CCOc1cc(/C=C2\SC(=S)N(c3ccc([N+](=O)[O-])cc3)C2=O)ccc1OC. The van der Waals surface area contributed by atoms with Crippen molar-refractivity contribution in [2.75, 3.05) is 18.6 Å². The summed E-state index contributed by atoms with van der Waals surface area (Å²) in [5.41, 5.74) is 1.21. The van der Waals surface area contributed by atoms with Crippen LogP contribution in [0.15, 0.2) is 47.4 Å². The molecular weight excluding hydrogens is 400 g/mol. The van der Waals surface area contributed by atoms with Crippen LogP contribution in [0.2, 0.25) is 0 Å². The maximum atomic E-state index is 12.8. The maximum absolute atomic E-state index is 12.8. The van der Waals surface area contributed by atoms with E-state index in [2.05, 4.69) is 0 Å². The van der Waals surface area contributed by atoms with E-state index in [1.807, 2.05) is 13.0 Å². The van der Waals surface area contributed by atoms with Crippen LogP contribution in [0.1, 0.15) is 12.5 Å². The van der Waals surface area contributed by atoms with Gasteiger partial charge in [0.05, 0.1) is 29.2 Å². The van der Waals surface area contributed by atoms with Gasteiger partial charge in [0.25, 0.3) is 11.6 Å². The number of hydrogen-bond acceptors (Lipinski definition) is 7. The highest BCUT2D eigenvalue weighted by atomic mass is 32.2. The molecule has 0 bridgehead atoms. The smallest absolute Gasteiger partial charge is 0.270 e. The van der Waals surface area contributed by atoms with E-state index in [-0.39, 0.29) is 11.6 Å². The van der Waals surface area contributed by atoms with Crippen LogP contribution < -0.4 is 14.4 Å². The number of benzene rings is 2. The molecule has 3 rings (SSSR count). The molecule has 0 aliphatic carbocycles. The summed E-state index contributed by atoms with van der Waals surface area (Å²) >= 11 is 6.51. The summed E-state index contributed by atoms with van der Waals surface area (Å²) in [6.45, 7) is 2.36. The molecule has 2 aromatic rings. The van der Waals surface area contributed by atoms with Gasteiger partial charge < -0.3 is 9.47 Å². The van der Waals surface area contributed by atoms with Gasteiger partial charge in [0, 0.05) is 12.1 Å². The first-order valence-electron chi connectivity index (χ1n) is 8.28. The molecule has 0 unspecified atom stereocenters. The quantitative estimate of drug-likeness (QED) is 0.299. The van der Waals surface area contributed by atoms with Crippen molar-refractivity contribution in [3.8, 4) is 11.5 Å². The van der Waals surface area contributed by atoms with Crippen LogP contribution in [-0.4, -0.2) is 28.9 Å². The minimum atomic E-state index is -0.492. The van der Waals surface area contributed by atoms with Crippen molar-refractivity contribution in [1.29, 1.82) is 0 Å². The fraction of sp³-hybridized carbons (Fsp3) is 0.158. The standard InChI is InChI=1S/C19H16N2O5S2/c1-3-26-16-10-12(4-9-15(16)25-2)11-17-18(22)20(19(27)28-17)13-5-7-14(8-6-13)21(23)24/h4-11H,3H2,1-2H3/b17-11-. The first kappa shape index (κ1) is 19.8. The average Bonchev–Trinajstić information content (AvgIpc) is 2.95. The minimum absolute atomic E-state index is 0.0496. The third-order valence-electron chi connectivity index (χ3n) is 3.90. The van der Waals surface area contributed by atoms with Crippen molar-refractivity contribution in [2.24, 2.45) is 0 Å². The monoisotopic (exact) mass is 416 g/mol. The van der Waals surface area contributed by atoms with Crippen LogP contribution in [0.3, 0.4) is 0 Å². The molecule has 144 valence electrons. The second-order valence-corrected chi connectivity index (χ2v) is 7.31. The van der Waals surface area contributed by atoms with Gasteiger partial charge in [-0.15, -0.1) is 0 Å². The lowest BCUT2D eigenvalue weighted by atomic mass is 10.1. The number of amides is 1. The number of anilines is 1. The predicted molar refractivity (Wildman–Crippen MR) is 113 cm³/mol. The van der Waals surface area contributed by atoms with Crippen molar-refractivity contribution in [3.63, 3.8) is 0 Å². The zero-order valence-corrected chi connectivity index (χ0v) is 16.7. The molecule has 1 saturated heterocycles. The fourth-order valence-electron chi connectivity index (χ4n) is 2.62. The highest BCUT2D eigenvalue weighted by Gasteiger charge is 2.33. The molecule has 2 aromatic carbocycles. The molecule has 1 aliphatic rings. The van der Waals surface area contributed by atoms with Crippen molar-refractivity contribution >= 4 is 51.7 Å². The molecule has 1 amide bonds. The Morgan fingerprint density at radius 2 is 1.93 bits per heavy atom. The van der Waals surface area contributed by atoms with Crippen molar-refractivity contribution in [3.05, 3.63) is 63.0 Å². The van der Waals surface area contributed by atoms with E-state index in [1.165, 1.54) is 40.9 Å². The van der Waals surface area contributed by atoms with Gasteiger partial charge in [-0.3, -0.25) is 19.8 Å². The molecule has 9 heteroatoms. The van der Waals surface area contributed by atoms with E-state index in [1.54, 1.807) is 25.3 Å². The van der Waals surface area contributed by atoms with Crippen LogP contribution in [0.5, 0.6) is 11.5 Å². The number of methoxy groups -OCH3 is 1. The number of thiocarbonyl (C=S) groups is 1. The summed E-state index contributed by atoms with van der Waals surface area (Å²) in [5.74, 6) is 0.916. The Morgan fingerprint density at radius 3 is 2.54 bits per heavy atom. The summed E-state index contributed by atoms with van der Waals surface area (Å²) in [6, 6.07) is 11.1. The molecule has 0 saturated carbocycles. The van der Waals surface area contributed by atoms with Crippen LogP contribution in [0.4, 0.5) is 11.4 Å². The zero-order valence-electron chi connectivity index (χ0n) is 15.1. The predicted octanol–water partition coefficient (Wildman–Crippen LogP) is 4.41. The Balaban J connectivity index is 1.88. The molecular formula is C19H16N2O5S2. The number of carbonyl (C=O) groups is 1. The Morgan fingerprint density at radius 1 is 1.21 bits per heavy atom. The topological polar surface area (TPSA) is 81.9 Å². The molecule has 1 aliphatic heterocycles. The van der Waals surface area contributed by atoms with Crippen LogP contribution in [-0.2, 0) is 4.79 Å². The molecule has 0 spiro atoms. The van der Waals surface area contributed by atoms with Gasteiger partial charge in [-0.25, -0.2) is 0 Å². The minimum Gasteiger partial charge on any atom is -0.493 e. The van der Waals surface area contributed by atoms with Crippen LogP contribution in [0.25, 0.3) is 6.08 Å². The van der Waals surface area contributed by atoms with E-state index >= 15 is 0 Å². The number of thioether (sulfide) groups is 1. The molecule has 0 radical (unpaired) electrons. The van der Waals surface area contributed by atoms with Gasteiger partial charge in [0.1, 0.15) is 0 Å². The van der Waals surface area contributed by atoms with Gasteiger partial charge >= 0.3 is 0 Å². The number of carbonyl (C=O) groups excluding carboxylic acids is 1. The normalized spacial score (nSPS) is 15.2. The number of nitro groups is 1. The number of non-ortho nitro benzene ring substituents is 1. The lowest BCUT2D eigenvalue weighted by Gasteiger charge is -2.14. The van der Waals surface area contributed by atoms with Crippen LogP contribution >= 0.6 is 24.0 Å². The Bertz CT molecular complexity index is 973. The van der Waals surface area contributed by atoms with Crippen molar-refractivity contribution in [1.82, 2.24) is 0 Å². The van der Waals surface area contributed by atoms with E-state index in [9.17, 15) is 14.9 Å². The van der Waals surface area contributed by atoms with Crippen LogP contribution in [0, 0.1) is 10.1 Å². The second kappa shape index (κ2) is 8.41. The van der Waals surface area contributed by atoms with Gasteiger partial charge in [-0.2, -0.15) is 0 Å². The maximum Gasteiger partial charge on any atom is 0.270 e. The summed E-state index contributed by atoms with van der Waals surface area (Å²) < 4.78 is 11.2. The van der Waals surface area contributed by atoms with Gasteiger partial charge in [-0.05, 0) is 42.8 Å². The average molecular weight is 416 g/mol. The molecule has 1 heterocycles. The first-order chi connectivity index (χ1) is 13.4. The highest BCUT2D eigenvalue weighted by molar-refractivity contribution is 8.27. The Hall–Kier alpha value is -2.91.